The number of nitrogens with one attached hydrogen (secondary N) is 1. The van der Waals surface area contributed by atoms with Crippen molar-refractivity contribution < 1.29 is 0 Å². The van der Waals surface area contributed by atoms with Crippen LogP contribution in [-0.2, 0) is 19.5 Å². The number of rotatable bonds is 10. The Labute approximate surface area is 196 Å². The van der Waals surface area contributed by atoms with Crippen molar-refractivity contribution in [3.63, 3.8) is 0 Å². The van der Waals surface area contributed by atoms with Crippen LogP contribution in [0.1, 0.15) is 30.0 Å². The molecular weight excluding hydrogens is 414 g/mol. The van der Waals surface area contributed by atoms with E-state index in [0.717, 1.165) is 55.6 Å². The lowest BCUT2D eigenvalue weighted by Crippen LogP contribution is -2.25. The maximum atomic E-state index is 6.12. The maximum absolute atomic E-state index is 6.12. The van der Waals surface area contributed by atoms with E-state index < -0.39 is 0 Å². The summed E-state index contributed by atoms with van der Waals surface area (Å²) in [6.07, 6.45) is 3.97. The second-order valence-electron chi connectivity index (χ2n) is 8.17. The van der Waals surface area contributed by atoms with Gasteiger partial charge in [-0.1, -0.05) is 73.1 Å². The number of halogens is 1. The van der Waals surface area contributed by atoms with Crippen molar-refractivity contribution >= 4 is 28.2 Å². The predicted molar refractivity (Wildman–Crippen MR) is 136 cm³/mol. The fourth-order valence-corrected chi connectivity index (χ4v) is 4.16. The fourth-order valence-electron chi connectivity index (χ4n) is 4.00. The largest absolute Gasteiger partial charge is 0.384 e. The van der Waals surface area contributed by atoms with Gasteiger partial charge in [-0.15, -0.1) is 0 Å². The summed E-state index contributed by atoms with van der Waals surface area (Å²) in [5.74, 6) is 0. The first-order valence-electron chi connectivity index (χ1n) is 11.3. The van der Waals surface area contributed by atoms with E-state index in [1.54, 1.807) is 0 Å². The quantitative estimate of drug-likeness (QED) is 0.268. The molecule has 0 unspecified atom stereocenters. The van der Waals surface area contributed by atoms with Gasteiger partial charge < -0.3 is 5.32 Å². The zero-order chi connectivity index (χ0) is 22.2. The molecule has 0 atom stereocenters. The third kappa shape index (κ3) is 6.09. The van der Waals surface area contributed by atoms with E-state index in [9.17, 15) is 0 Å². The molecule has 4 aromatic rings. The van der Waals surface area contributed by atoms with Gasteiger partial charge in [0, 0.05) is 48.5 Å². The summed E-state index contributed by atoms with van der Waals surface area (Å²) in [4.78, 5) is 6.96. The van der Waals surface area contributed by atoms with Gasteiger partial charge in [0.2, 0.25) is 0 Å². The summed E-state index contributed by atoms with van der Waals surface area (Å²) in [5, 5.41) is 5.41. The summed E-state index contributed by atoms with van der Waals surface area (Å²) in [7, 11) is 0. The van der Waals surface area contributed by atoms with Crippen LogP contribution in [0.3, 0.4) is 0 Å². The Morgan fingerprint density at radius 1 is 0.844 bits per heavy atom. The van der Waals surface area contributed by atoms with Crippen LogP contribution in [-0.4, -0.2) is 23.0 Å². The van der Waals surface area contributed by atoms with Gasteiger partial charge in [-0.25, -0.2) is 0 Å². The molecule has 32 heavy (non-hydrogen) atoms. The first kappa shape index (κ1) is 22.3. The average Bonchev–Trinajstić information content (AvgIpc) is 2.82. The smallest absolute Gasteiger partial charge is 0.0737 e. The van der Waals surface area contributed by atoms with Crippen molar-refractivity contribution in [2.75, 3.05) is 18.4 Å². The van der Waals surface area contributed by atoms with Crippen LogP contribution in [0.15, 0.2) is 85.1 Å². The maximum Gasteiger partial charge on any atom is 0.0737 e. The second kappa shape index (κ2) is 11.1. The molecule has 0 radical (unpaired) electrons. The molecule has 3 aromatic carbocycles. The highest BCUT2D eigenvalue weighted by molar-refractivity contribution is 6.31. The molecule has 0 aliphatic heterocycles. The van der Waals surface area contributed by atoms with Gasteiger partial charge in [-0.3, -0.25) is 9.88 Å². The van der Waals surface area contributed by atoms with Crippen LogP contribution in [0, 0.1) is 0 Å². The van der Waals surface area contributed by atoms with Crippen molar-refractivity contribution in [2.24, 2.45) is 0 Å². The van der Waals surface area contributed by atoms with Crippen molar-refractivity contribution in [2.45, 2.75) is 32.9 Å². The Bertz CT molecular complexity index is 1130. The van der Waals surface area contributed by atoms with Gasteiger partial charge in [0.1, 0.15) is 0 Å². The summed E-state index contributed by atoms with van der Waals surface area (Å²) in [6, 6.07) is 27.7. The number of fused-ring (bicyclic) bond motifs is 1. The van der Waals surface area contributed by atoms with Gasteiger partial charge >= 0.3 is 0 Å². The lowest BCUT2D eigenvalue weighted by atomic mass is 10.1. The Balaban J connectivity index is 1.38. The number of pyridine rings is 1. The molecule has 3 nitrogen and oxygen atoms in total. The van der Waals surface area contributed by atoms with Gasteiger partial charge in [-0.05, 0) is 53.8 Å². The molecule has 1 heterocycles. The molecule has 164 valence electrons. The van der Waals surface area contributed by atoms with Crippen molar-refractivity contribution in [3.8, 4) is 0 Å². The minimum atomic E-state index is 0.714. The first-order valence-corrected chi connectivity index (χ1v) is 11.7. The number of hydrogen-bond acceptors (Lipinski definition) is 3. The molecular formula is C28H30ClN3. The van der Waals surface area contributed by atoms with E-state index in [0.29, 0.717) is 5.02 Å². The normalized spacial score (nSPS) is 11.2. The van der Waals surface area contributed by atoms with Crippen LogP contribution in [0.25, 0.3) is 10.9 Å². The molecule has 1 N–H and O–H groups in total. The minimum absolute atomic E-state index is 0.714. The monoisotopic (exact) mass is 443 g/mol. The molecule has 0 saturated heterocycles. The van der Waals surface area contributed by atoms with E-state index in [1.165, 1.54) is 16.7 Å². The molecule has 0 fully saturated rings. The highest BCUT2D eigenvalue weighted by Gasteiger charge is 2.08. The Kier molecular flexibility index (Phi) is 7.76. The average molecular weight is 444 g/mol. The van der Waals surface area contributed by atoms with E-state index >= 15 is 0 Å². The molecule has 4 heteroatoms. The molecule has 0 aliphatic rings. The molecule has 0 amide bonds. The van der Waals surface area contributed by atoms with Crippen LogP contribution in [0.5, 0.6) is 0 Å². The molecule has 1 aromatic heterocycles. The van der Waals surface area contributed by atoms with Gasteiger partial charge in [0.15, 0.2) is 0 Å². The second-order valence-corrected chi connectivity index (χ2v) is 8.60. The number of hydrogen-bond donors (Lipinski definition) is 1. The molecule has 0 aliphatic carbocycles. The van der Waals surface area contributed by atoms with Crippen LogP contribution >= 0.6 is 11.6 Å². The first-order chi connectivity index (χ1) is 15.7. The fraction of sp³-hybridized carbons (Fsp3) is 0.250. The predicted octanol–water partition coefficient (Wildman–Crippen LogP) is 6.96. The van der Waals surface area contributed by atoms with E-state index in [4.69, 9.17) is 11.6 Å². The molecule has 4 rings (SSSR count). The standard InChI is InChI=1S/C28H30ClN3/c1-2-22-9-11-24(12-10-22)21-32(20-23-7-4-3-5-8-23)18-6-16-30-27-15-17-31-28-19-25(29)13-14-26(27)28/h3-5,7-15,17,19H,2,6,16,18,20-21H2,1H3,(H,30,31). The minimum Gasteiger partial charge on any atom is -0.384 e. The third-order valence-corrected chi connectivity index (χ3v) is 5.99. The summed E-state index contributed by atoms with van der Waals surface area (Å²) < 4.78 is 0. The van der Waals surface area contributed by atoms with Crippen LogP contribution in [0.2, 0.25) is 5.02 Å². The number of aromatic nitrogens is 1. The lowest BCUT2D eigenvalue weighted by Gasteiger charge is -2.23. The third-order valence-electron chi connectivity index (χ3n) is 5.76. The van der Waals surface area contributed by atoms with Crippen molar-refractivity contribution in [3.05, 3.63) is 107 Å². The highest BCUT2D eigenvalue weighted by Crippen LogP contribution is 2.24. The van der Waals surface area contributed by atoms with Crippen molar-refractivity contribution in [1.29, 1.82) is 0 Å². The Morgan fingerprint density at radius 2 is 1.56 bits per heavy atom. The summed E-state index contributed by atoms with van der Waals surface area (Å²) >= 11 is 6.12. The Hall–Kier alpha value is -2.88. The van der Waals surface area contributed by atoms with Crippen LogP contribution < -0.4 is 5.32 Å². The molecule has 0 bridgehead atoms. The summed E-state index contributed by atoms with van der Waals surface area (Å²) in [5.41, 5.74) is 6.13. The SMILES string of the molecule is CCc1ccc(CN(CCCNc2ccnc3cc(Cl)ccc23)Cc2ccccc2)cc1. The van der Waals surface area contributed by atoms with E-state index in [2.05, 4.69) is 76.7 Å². The number of benzene rings is 3. The van der Waals surface area contributed by atoms with Crippen LogP contribution in [0.4, 0.5) is 5.69 Å². The summed E-state index contributed by atoms with van der Waals surface area (Å²) in [6.45, 7) is 6.03. The molecule has 0 saturated carbocycles. The topological polar surface area (TPSA) is 28.2 Å². The number of aryl methyl sites for hydroxylation is 1. The number of anilines is 1. The number of nitrogens with zero attached hydrogens (tertiary/aromatic N) is 2. The van der Waals surface area contributed by atoms with E-state index in [1.807, 2.05) is 30.5 Å². The lowest BCUT2D eigenvalue weighted by molar-refractivity contribution is 0.256. The zero-order valence-corrected chi connectivity index (χ0v) is 19.4. The van der Waals surface area contributed by atoms with Gasteiger partial charge in [0.25, 0.3) is 0 Å². The highest BCUT2D eigenvalue weighted by atomic mass is 35.5. The van der Waals surface area contributed by atoms with E-state index in [-0.39, 0.29) is 0 Å². The molecule has 0 spiro atoms. The van der Waals surface area contributed by atoms with Gasteiger partial charge in [0.05, 0.1) is 5.52 Å². The zero-order valence-electron chi connectivity index (χ0n) is 18.6. The van der Waals surface area contributed by atoms with Crippen molar-refractivity contribution in [1.82, 2.24) is 9.88 Å². The Morgan fingerprint density at radius 3 is 2.31 bits per heavy atom. The van der Waals surface area contributed by atoms with Gasteiger partial charge in [-0.2, -0.15) is 0 Å².